The Balaban J connectivity index is 0.00000176. The van der Waals surface area contributed by atoms with Crippen LogP contribution in [0.3, 0.4) is 0 Å². The number of halogens is 2. The van der Waals surface area contributed by atoms with E-state index in [4.69, 9.17) is 9.47 Å². The lowest BCUT2D eigenvalue weighted by molar-refractivity contribution is 0.171. The Labute approximate surface area is 144 Å². The highest BCUT2D eigenvalue weighted by Gasteiger charge is 2.29. The van der Waals surface area contributed by atoms with E-state index >= 15 is 0 Å². The van der Waals surface area contributed by atoms with Crippen LogP contribution in [0.25, 0.3) is 0 Å². The van der Waals surface area contributed by atoms with Crippen molar-refractivity contribution in [3.05, 3.63) is 16.6 Å². The summed E-state index contributed by atoms with van der Waals surface area (Å²) in [6, 6.07) is 3.21. The third-order valence-corrected chi connectivity index (χ3v) is 6.37. The maximum atomic E-state index is 12.8. The third kappa shape index (κ3) is 3.51. The zero-order valence-electron chi connectivity index (χ0n) is 11.9. The first-order valence-corrected chi connectivity index (χ1v) is 9.12. The van der Waals surface area contributed by atoms with Crippen molar-refractivity contribution in [3.63, 3.8) is 0 Å². The Morgan fingerprint density at radius 2 is 1.77 bits per heavy atom. The average molecular weight is 414 g/mol. The summed E-state index contributed by atoms with van der Waals surface area (Å²) >= 11 is 3.34. The Morgan fingerprint density at radius 1 is 1.09 bits per heavy atom. The number of hydrogen-bond donors (Lipinski definition) is 1. The molecule has 2 aliphatic rings. The van der Waals surface area contributed by atoms with Crippen LogP contribution < -0.4 is 14.8 Å². The third-order valence-electron chi connectivity index (χ3n) is 3.51. The maximum Gasteiger partial charge on any atom is 0.244 e. The Hall–Kier alpha value is -0.540. The minimum atomic E-state index is -3.54. The van der Waals surface area contributed by atoms with E-state index in [0.717, 1.165) is 13.0 Å². The van der Waals surface area contributed by atoms with Crippen molar-refractivity contribution in [2.24, 2.45) is 0 Å². The van der Waals surface area contributed by atoms with Crippen LogP contribution in [0.4, 0.5) is 0 Å². The van der Waals surface area contributed by atoms with E-state index < -0.39 is 10.0 Å². The van der Waals surface area contributed by atoms with Crippen LogP contribution in [0.2, 0.25) is 0 Å². The molecule has 22 heavy (non-hydrogen) atoms. The van der Waals surface area contributed by atoms with Crippen LogP contribution in [0, 0.1) is 0 Å². The number of rotatable bonds is 2. The van der Waals surface area contributed by atoms with Gasteiger partial charge < -0.3 is 14.8 Å². The standard InChI is InChI=1S/C13H17BrN2O4S.ClH/c14-10-8-11-12(20-7-6-19-11)9-13(10)21(17,18)16-4-1-2-15-3-5-16;/h8-9,15H,1-7H2;1H. The zero-order chi connectivity index (χ0) is 14.9. The largest absolute Gasteiger partial charge is 0.486 e. The summed E-state index contributed by atoms with van der Waals surface area (Å²) in [4.78, 5) is 0.230. The molecule has 1 fully saturated rings. The highest BCUT2D eigenvalue weighted by Crippen LogP contribution is 2.38. The van der Waals surface area contributed by atoms with Gasteiger partial charge in [-0.3, -0.25) is 0 Å². The maximum absolute atomic E-state index is 12.8. The second-order valence-electron chi connectivity index (χ2n) is 4.93. The van der Waals surface area contributed by atoms with Gasteiger partial charge >= 0.3 is 0 Å². The first kappa shape index (κ1) is 17.8. The first-order chi connectivity index (χ1) is 10.1. The summed E-state index contributed by atoms with van der Waals surface area (Å²) in [7, 11) is -3.54. The Kier molecular flexibility index (Phi) is 5.95. The van der Waals surface area contributed by atoms with E-state index in [0.29, 0.717) is 48.8 Å². The van der Waals surface area contributed by atoms with Gasteiger partial charge in [-0.15, -0.1) is 12.4 Å². The Bertz CT molecular complexity index is 633. The molecule has 0 aromatic heterocycles. The summed E-state index contributed by atoms with van der Waals surface area (Å²) in [5, 5.41) is 3.20. The molecule has 0 spiro atoms. The lowest BCUT2D eigenvalue weighted by Crippen LogP contribution is -2.34. The van der Waals surface area contributed by atoms with E-state index in [9.17, 15) is 8.42 Å². The molecule has 2 aliphatic heterocycles. The van der Waals surface area contributed by atoms with Crippen LogP contribution in [0.15, 0.2) is 21.5 Å². The van der Waals surface area contributed by atoms with Crippen molar-refractivity contribution in [3.8, 4) is 11.5 Å². The van der Waals surface area contributed by atoms with Gasteiger partial charge in [0.15, 0.2) is 11.5 Å². The molecule has 1 aromatic rings. The van der Waals surface area contributed by atoms with Crippen molar-refractivity contribution in [2.75, 3.05) is 39.4 Å². The SMILES string of the molecule is Cl.O=S(=O)(c1cc2c(cc1Br)OCCO2)N1CCCNCC1. The molecule has 1 N–H and O–H groups in total. The number of nitrogens with zero attached hydrogens (tertiary/aromatic N) is 1. The van der Waals surface area contributed by atoms with Gasteiger partial charge in [-0.25, -0.2) is 8.42 Å². The van der Waals surface area contributed by atoms with E-state index in [-0.39, 0.29) is 17.3 Å². The lowest BCUT2D eigenvalue weighted by atomic mass is 10.3. The predicted molar refractivity (Wildman–Crippen MR) is 88.6 cm³/mol. The highest BCUT2D eigenvalue weighted by atomic mass is 79.9. The van der Waals surface area contributed by atoms with Gasteiger partial charge in [0.1, 0.15) is 18.1 Å². The van der Waals surface area contributed by atoms with Gasteiger partial charge in [0.2, 0.25) is 10.0 Å². The van der Waals surface area contributed by atoms with Gasteiger partial charge in [-0.1, -0.05) is 0 Å². The fraction of sp³-hybridized carbons (Fsp3) is 0.538. The predicted octanol–water partition coefficient (Wildman–Crippen LogP) is 1.63. The summed E-state index contributed by atoms with van der Waals surface area (Å²) in [6.45, 7) is 3.42. The quantitative estimate of drug-likeness (QED) is 0.798. The molecular weight excluding hydrogens is 396 g/mol. The van der Waals surface area contributed by atoms with Crippen molar-refractivity contribution in [1.29, 1.82) is 0 Å². The van der Waals surface area contributed by atoms with Crippen molar-refractivity contribution >= 4 is 38.4 Å². The van der Waals surface area contributed by atoms with Crippen molar-refractivity contribution < 1.29 is 17.9 Å². The van der Waals surface area contributed by atoms with Crippen LogP contribution in [0.1, 0.15) is 6.42 Å². The van der Waals surface area contributed by atoms with Crippen LogP contribution in [-0.2, 0) is 10.0 Å². The molecule has 0 bridgehead atoms. The van der Waals surface area contributed by atoms with Crippen LogP contribution in [0.5, 0.6) is 11.5 Å². The fourth-order valence-corrected chi connectivity index (χ4v) is 4.92. The number of hydrogen-bond acceptors (Lipinski definition) is 5. The van der Waals surface area contributed by atoms with E-state index in [2.05, 4.69) is 21.2 Å². The first-order valence-electron chi connectivity index (χ1n) is 6.89. The summed E-state index contributed by atoms with van der Waals surface area (Å²) in [6.07, 6.45) is 0.807. The van der Waals surface area contributed by atoms with Gasteiger partial charge in [-0.05, 0) is 35.0 Å². The second-order valence-corrected chi connectivity index (χ2v) is 7.69. The molecule has 2 heterocycles. The van der Waals surface area contributed by atoms with Crippen molar-refractivity contribution in [2.45, 2.75) is 11.3 Å². The second kappa shape index (κ2) is 7.35. The molecule has 6 nitrogen and oxygen atoms in total. The molecule has 0 amide bonds. The molecular formula is C13H18BrClN2O4S. The topological polar surface area (TPSA) is 67.9 Å². The van der Waals surface area contributed by atoms with Crippen LogP contribution in [-0.4, -0.2) is 52.1 Å². The summed E-state index contributed by atoms with van der Waals surface area (Å²) < 4.78 is 38.6. The van der Waals surface area contributed by atoms with Gasteiger partial charge in [0, 0.05) is 30.2 Å². The van der Waals surface area contributed by atoms with E-state index in [1.165, 1.54) is 4.31 Å². The average Bonchev–Trinajstić information content (AvgIpc) is 2.76. The minimum absolute atomic E-state index is 0. The van der Waals surface area contributed by atoms with Crippen molar-refractivity contribution in [1.82, 2.24) is 9.62 Å². The molecule has 0 unspecified atom stereocenters. The lowest BCUT2D eigenvalue weighted by Gasteiger charge is -2.23. The monoisotopic (exact) mass is 412 g/mol. The highest BCUT2D eigenvalue weighted by molar-refractivity contribution is 9.10. The number of ether oxygens (including phenoxy) is 2. The molecule has 3 rings (SSSR count). The number of benzene rings is 1. The molecule has 124 valence electrons. The minimum Gasteiger partial charge on any atom is -0.486 e. The molecule has 1 saturated heterocycles. The van der Waals surface area contributed by atoms with E-state index in [1.807, 2.05) is 0 Å². The fourth-order valence-electron chi connectivity index (χ4n) is 2.44. The van der Waals surface area contributed by atoms with Gasteiger partial charge in [0.25, 0.3) is 0 Å². The molecule has 0 saturated carbocycles. The molecule has 0 atom stereocenters. The number of nitrogens with one attached hydrogen (secondary N) is 1. The van der Waals surface area contributed by atoms with E-state index in [1.54, 1.807) is 12.1 Å². The molecule has 1 aromatic carbocycles. The molecule has 9 heteroatoms. The molecule has 0 aliphatic carbocycles. The number of fused-ring (bicyclic) bond motifs is 1. The normalized spacial score (nSPS) is 19.1. The number of sulfonamides is 1. The Morgan fingerprint density at radius 3 is 2.50 bits per heavy atom. The molecule has 0 radical (unpaired) electrons. The summed E-state index contributed by atoms with van der Waals surface area (Å²) in [5.41, 5.74) is 0. The summed E-state index contributed by atoms with van der Waals surface area (Å²) in [5.74, 6) is 1.06. The van der Waals surface area contributed by atoms with Gasteiger partial charge in [0.05, 0.1) is 0 Å². The smallest absolute Gasteiger partial charge is 0.244 e. The zero-order valence-corrected chi connectivity index (χ0v) is 15.1. The van der Waals surface area contributed by atoms with Crippen LogP contribution >= 0.6 is 28.3 Å². The van der Waals surface area contributed by atoms with Gasteiger partial charge in [-0.2, -0.15) is 4.31 Å².